The second kappa shape index (κ2) is 4.40. The first-order chi connectivity index (χ1) is 7.66. The maximum atomic E-state index is 13.4. The molecular weight excluding hydrogens is 225 g/mol. The molecule has 3 N–H and O–H groups in total. The Labute approximate surface area is 97.2 Å². The number of nitrogens with zero attached hydrogens (tertiary/aromatic N) is 1. The molecule has 0 aliphatic carbocycles. The Balaban J connectivity index is 2.34. The predicted molar refractivity (Wildman–Crippen MR) is 63.0 cm³/mol. The fourth-order valence-corrected chi connectivity index (χ4v) is 1.58. The minimum Gasteiger partial charge on any atom is -0.385 e. The van der Waals surface area contributed by atoms with Crippen molar-refractivity contribution < 1.29 is 4.39 Å². The van der Waals surface area contributed by atoms with Gasteiger partial charge in [0, 0.05) is 18.2 Å². The molecule has 1 aromatic carbocycles. The lowest BCUT2D eigenvalue weighted by atomic mass is 10.1. The lowest BCUT2D eigenvalue weighted by Crippen LogP contribution is -2.01. The number of nitrogens with one attached hydrogen (secondary N) is 1. The molecule has 0 bridgehead atoms. The molecule has 2 rings (SSSR count). The second-order valence-corrected chi connectivity index (χ2v) is 3.78. The highest BCUT2D eigenvalue weighted by Crippen LogP contribution is 2.15. The van der Waals surface area contributed by atoms with Crippen LogP contribution in [0.15, 0.2) is 30.5 Å². The smallest absolute Gasteiger partial charge is 0.198 e. The van der Waals surface area contributed by atoms with E-state index in [-0.39, 0.29) is 5.82 Å². The van der Waals surface area contributed by atoms with Gasteiger partial charge in [-0.25, -0.2) is 9.37 Å². The first-order valence-electron chi connectivity index (χ1n) is 4.74. The summed E-state index contributed by atoms with van der Waals surface area (Å²) in [6, 6.07) is 6.58. The third kappa shape index (κ3) is 2.25. The highest BCUT2D eigenvalue weighted by Gasteiger charge is 2.05. The Kier molecular flexibility index (Phi) is 2.96. The summed E-state index contributed by atoms with van der Waals surface area (Å²) < 4.78 is 13.7. The van der Waals surface area contributed by atoms with Crippen LogP contribution in [-0.2, 0) is 6.42 Å². The van der Waals surface area contributed by atoms with Crippen LogP contribution in [0.1, 0.15) is 11.1 Å². The standard InChI is InChI=1S/C11H10FN3S/c12-9-4-2-1-3-7(9)5-8-6-14-11(16)15-10(8)13/h1-4,6H,5H2,(H3,13,14,15,16). The van der Waals surface area contributed by atoms with Crippen LogP contribution in [0.4, 0.5) is 10.2 Å². The van der Waals surface area contributed by atoms with Crippen LogP contribution in [0.3, 0.4) is 0 Å². The molecule has 0 amide bonds. The van der Waals surface area contributed by atoms with Gasteiger partial charge in [0.25, 0.3) is 0 Å². The van der Waals surface area contributed by atoms with Crippen molar-refractivity contribution in [3.05, 3.63) is 52.2 Å². The summed E-state index contributed by atoms with van der Waals surface area (Å²) in [6.45, 7) is 0. The van der Waals surface area contributed by atoms with Crippen LogP contribution >= 0.6 is 12.2 Å². The normalized spacial score (nSPS) is 10.3. The average Bonchev–Trinajstić information content (AvgIpc) is 2.25. The van der Waals surface area contributed by atoms with Crippen LogP contribution in [-0.4, -0.2) is 9.97 Å². The van der Waals surface area contributed by atoms with Crippen LogP contribution in [0.2, 0.25) is 0 Å². The van der Waals surface area contributed by atoms with Crippen molar-refractivity contribution in [2.75, 3.05) is 5.73 Å². The number of aromatic nitrogens is 2. The lowest BCUT2D eigenvalue weighted by Gasteiger charge is -2.05. The van der Waals surface area contributed by atoms with E-state index in [0.717, 1.165) is 5.56 Å². The van der Waals surface area contributed by atoms with Gasteiger partial charge in [-0.1, -0.05) is 18.2 Å². The van der Waals surface area contributed by atoms with Gasteiger partial charge in [0.2, 0.25) is 0 Å². The summed E-state index contributed by atoms with van der Waals surface area (Å²) in [4.78, 5) is 6.66. The fourth-order valence-electron chi connectivity index (χ4n) is 1.42. The van der Waals surface area contributed by atoms with Crippen molar-refractivity contribution in [2.24, 2.45) is 0 Å². The van der Waals surface area contributed by atoms with Gasteiger partial charge < -0.3 is 10.7 Å². The zero-order valence-corrected chi connectivity index (χ0v) is 9.22. The number of aromatic amines is 1. The van der Waals surface area contributed by atoms with Crippen LogP contribution in [0.5, 0.6) is 0 Å². The van der Waals surface area contributed by atoms with Crippen molar-refractivity contribution in [3.63, 3.8) is 0 Å². The quantitative estimate of drug-likeness (QED) is 0.786. The highest BCUT2D eigenvalue weighted by atomic mass is 32.1. The molecule has 0 atom stereocenters. The molecule has 0 saturated carbocycles. The van der Waals surface area contributed by atoms with Gasteiger partial charge >= 0.3 is 0 Å². The summed E-state index contributed by atoms with van der Waals surface area (Å²) in [5, 5.41) is 0. The molecule has 0 spiro atoms. The van der Waals surface area contributed by atoms with E-state index in [1.807, 2.05) is 0 Å². The molecule has 0 radical (unpaired) electrons. The van der Waals surface area contributed by atoms with Crippen LogP contribution in [0, 0.1) is 10.6 Å². The van der Waals surface area contributed by atoms with Gasteiger partial charge in [0.15, 0.2) is 4.77 Å². The number of benzene rings is 1. The van der Waals surface area contributed by atoms with Crippen molar-refractivity contribution in [1.29, 1.82) is 0 Å². The van der Waals surface area contributed by atoms with Gasteiger partial charge in [-0.05, 0) is 23.8 Å². The van der Waals surface area contributed by atoms with Crippen molar-refractivity contribution >= 4 is 18.0 Å². The maximum Gasteiger partial charge on any atom is 0.198 e. The van der Waals surface area contributed by atoms with Gasteiger partial charge in [-0.15, -0.1) is 0 Å². The molecule has 0 fully saturated rings. The predicted octanol–water partition coefficient (Wildman–Crippen LogP) is 2.45. The Bertz CT molecular complexity index is 565. The Morgan fingerprint density at radius 3 is 2.75 bits per heavy atom. The second-order valence-electron chi connectivity index (χ2n) is 3.40. The van der Waals surface area contributed by atoms with E-state index in [4.69, 9.17) is 18.0 Å². The number of anilines is 1. The number of nitrogens with two attached hydrogens (primary N) is 1. The largest absolute Gasteiger partial charge is 0.385 e. The van der Waals surface area contributed by atoms with Gasteiger partial charge in [-0.3, -0.25) is 0 Å². The molecule has 82 valence electrons. The molecule has 1 aromatic heterocycles. The summed E-state index contributed by atoms with van der Waals surface area (Å²) in [7, 11) is 0. The average molecular weight is 235 g/mol. The van der Waals surface area contributed by atoms with Crippen molar-refractivity contribution in [3.8, 4) is 0 Å². The summed E-state index contributed by atoms with van der Waals surface area (Å²) in [5.74, 6) is 0.188. The number of rotatable bonds is 2. The van der Waals surface area contributed by atoms with Crippen LogP contribution < -0.4 is 5.73 Å². The lowest BCUT2D eigenvalue weighted by molar-refractivity contribution is 0.614. The SMILES string of the molecule is Nc1[nH]c(=S)ncc1Cc1ccccc1F. The van der Waals surface area contributed by atoms with Crippen LogP contribution in [0.25, 0.3) is 0 Å². The molecule has 2 aromatic rings. The molecule has 1 heterocycles. The molecule has 16 heavy (non-hydrogen) atoms. The molecule has 5 heteroatoms. The molecule has 0 unspecified atom stereocenters. The zero-order valence-electron chi connectivity index (χ0n) is 8.40. The summed E-state index contributed by atoms with van der Waals surface area (Å²) in [5.41, 5.74) is 7.05. The van der Waals surface area contributed by atoms with Gasteiger partial charge in [0.1, 0.15) is 11.6 Å². The van der Waals surface area contributed by atoms with E-state index in [0.29, 0.717) is 22.6 Å². The number of nitrogen functional groups attached to an aromatic ring is 1. The summed E-state index contributed by atoms with van der Waals surface area (Å²) >= 11 is 4.83. The fraction of sp³-hybridized carbons (Fsp3) is 0.0909. The molecule has 0 aliphatic rings. The highest BCUT2D eigenvalue weighted by molar-refractivity contribution is 7.71. The van der Waals surface area contributed by atoms with E-state index in [2.05, 4.69) is 9.97 Å². The van der Waals surface area contributed by atoms with Gasteiger partial charge in [0.05, 0.1) is 0 Å². The van der Waals surface area contributed by atoms with E-state index in [1.165, 1.54) is 6.07 Å². The number of hydrogen-bond acceptors (Lipinski definition) is 3. The van der Waals surface area contributed by atoms with Crippen molar-refractivity contribution in [2.45, 2.75) is 6.42 Å². The first kappa shape index (κ1) is 10.8. The molecule has 0 aliphatic heterocycles. The first-order valence-corrected chi connectivity index (χ1v) is 5.14. The van der Waals surface area contributed by atoms with Crippen molar-refractivity contribution in [1.82, 2.24) is 9.97 Å². The van der Waals surface area contributed by atoms with E-state index in [1.54, 1.807) is 24.4 Å². The molecular formula is C11H10FN3S. The van der Waals surface area contributed by atoms with E-state index in [9.17, 15) is 4.39 Å². The number of halogens is 1. The Morgan fingerprint density at radius 1 is 1.31 bits per heavy atom. The zero-order chi connectivity index (χ0) is 11.5. The third-order valence-electron chi connectivity index (χ3n) is 2.26. The topological polar surface area (TPSA) is 54.7 Å². The number of hydrogen-bond donors (Lipinski definition) is 2. The Hall–Kier alpha value is -1.75. The Morgan fingerprint density at radius 2 is 2.06 bits per heavy atom. The minimum atomic E-state index is -0.246. The third-order valence-corrected chi connectivity index (χ3v) is 2.47. The summed E-state index contributed by atoms with van der Waals surface area (Å²) in [6.07, 6.45) is 1.97. The van der Waals surface area contributed by atoms with E-state index < -0.39 is 0 Å². The maximum absolute atomic E-state index is 13.4. The molecule has 3 nitrogen and oxygen atoms in total. The molecule has 0 saturated heterocycles. The monoisotopic (exact) mass is 235 g/mol. The van der Waals surface area contributed by atoms with E-state index >= 15 is 0 Å². The minimum absolute atomic E-state index is 0.246. The van der Waals surface area contributed by atoms with Gasteiger partial charge in [-0.2, -0.15) is 0 Å². The number of H-pyrrole nitrogens is 1.